The summed E-state index contributed by atoms with van der Waals surface area (Å²) < 4.78 is 18.0. The van der Waals surface area contributed by atoms with Gasteiger partial charge in [0.05, 0.1) is 12.8 Å². The molecular formula is C15H14FNO2. The summed E-state index contributed by atoms with van der Waals surface area (Å²) in [7, 11) is 1.49. The fraction of sp³-hybridized carbons (Fsp3) is 0.133. The first-order valence-electron chi connectivity index (χ1n) is 5.78. The summed E-state index contributed by atoms with van der Waals surface area (Å²) in [6.07, 6.45) is 1.53. The molecule has 0 heterocycles. The third-order valence-corrected chi connectivity index (χ3v) is 2.75. The average molecular weight is 259 g/mol. The Balaban J connectivity index is 2.32. The molecule has 2 rings (SSSR count). The van der Waals surface area contributed by atoms with Gasteiger partial charge in [-0.1, -0.05) is 6.07 Å². The highest BCUT2D eigenvalue weighted by Crippen LogP contribution is 2.28. The maximum atomic E-state index is 13.0. The van der Waals surface area contributed by atoms with Crippen LogP contribution in [-0.4, -0.2) is 18.4 Å². The average Bonchev–Trinajstić information content (AvgIpc) is 2.39. The van der Waals surface area contributed by atoms with Crippen LogP contribution in [0, 0.1) is 12.7 Å². The zero-order valence-corrected chi connectivity index (χ0v) is 10.7. The standard InChI is InChI=1S/C15H14FNO2/c1-10-8-12(16)6-7-13(10)17-9-11-4-3-5-14(19-2)15(11)18/h3-9,18H,1-2H3. The molecule has 0 saturated heterocycles. The number of phenolic OH excluding ortho intramolecular Hbond substituents is 1. The maximum Gasteiger partial charge on any atom is 0.166 e. The molecule has 0 atom stereocenters. The molecule has 98 valence electrons. The number of aromatic hydroxyl groups is 1. The number of hydrogen-bond acceptors (Lipinski definition) is 3. The highest BCUT2D eigenvalue weighted by atomic mass is 19.1. The van der Waals surface area contributed by atoms with Crippen LogP contribution in [0.5, 0.6) is 11.5 Å². The lowest BCUT2D eigenvalue weighted by molar-refractivity contribution is 0.373. The number of rotatable bonds is 3. The first-order valence-corrected chi connectivity index (χ1v) is 5.78. The molecule has 0 bridgehead atoms. The molecule has 4 heteroatoms. The summed E-state index contributed by atoms with van der Waals surface area (Å²) in [6.45, 7) is 1.78. The van der Waals surface area contributed by atoms with E-state index in [-0.39, 0.29) is 11.6 Å². The van der Waals surface area contributed by atoms with E-state index >= 15 is 0 Å². The quantitative estimate of drug-likeness (QED) is 0.856. The van der Waals surface area contributed by atoms with Crippen molar-refractivity contribution in [3.05, 3.63) is 53.3 Å². The number of aliphatic imine (C=N–C) groups is 1. The summed E-state index contributed by atoms with van der Waals surface area (Å²) >= 11 is 0. The number of hydrogen-bond donors (Lipinski definition) is 1. The van der Waals surface area contributed by atoms with Crippen LogP contribution in [0.4, 0.5) is 10.1 Å². The van der Waals surface area contributed by atoms with Crippen molar-refractivity contribution >= 4 is 11.9 Å². The Labute approximate surface area is 111 Å². The molecule has 1 N–H and O–H groups in total. The zero-order chi connectivity index (χ0) is 13.8. The van der Waals surface area contributed by atoms with Crippen molar-refractivity contribution in [3.63, 3.8) is 0 Å². The van der Waals surface area contributed by atoms with Crippen molar-refractivity contribution in [1.82, 2.24) is 0 Å². The monoisotopic (exact) mass is 259 g/mol. The lowest BCUT2D eigenvalue weighted by atomic mass is 10.2. The molecule has 2 aromatic carbocycles. The van der Waals surface area contributed by atoms with Gasteiger partial charge in [0.15, 0.2) is 11.5 Å². The second-order valence-electron chi connectivity index (χ2n) is 4.09. The summed E-state index contributed by atoms with van der Waals surface area (Å²) in [6, 6.07) is 9.51. The Morgan fingerprint density at radius 3 is 2.74 bits per heavy atom. The Hall–Kier alpha value is -2.36. The molecule has 0 aromatic heterocycles. The predicted octanol–water partition coefficient (Wildman–Crippen LogP) is 3.60. The molecule has 0 spiro atoms. The third kappa shape index (κ3) is 2.91. The molecule has 0 aliphatic rings. The topological polar surface area (TPSA) is 41.8 Å². The molecule has 0 radical (unpaired) electrons. The van der Waals surface area contributed by atoms with E-state index in [4.69, 9.17) is 4.74 Å². The van der Waals surface area contributed by atoms with Crippen molar-refractivity contribution in [2.75, 3.05) is 7.11 Å². The number of ether oxygens (including phenoxy) is 1. The van der Waals surface area contributed by atoms with Crippen LogP contribution < -0.4 is 4.74 Å². The SMILES string of the molecule is COc1cccc(C=Nc2ccc(F)cc2C)c1O. The number of halogens is 1. The van der Waals surface area contributed by atoms with Gasteiger partial charge in [0.1, 0.15) is 5.82 Å². The number of para-hydroxylation sites is 1. The summed E-state index contributed by atoms with van der Waals surface area (Å²) in [5.74, 6) is 0.133. The molecular weight excluding hydrogens is 245 g/mol. The lowest BCUT2D eigenvalue weighted by Crippen LogP contribution is -1.88. The molecule has 3 nitrogen and oxygen atoms in total. The van der Waals surface area contributed by atoms with E-state index in [1.165, 1.54) is 25.5 Å². The van der Waals surface area contributed by atoms with Crippen LogP contribution in [0.15, 0.2) is 41.4 Å². The minimum Gasteiger partial charge on any atom is -0.504 e. The molecule has 0 aliphatic carbocycles. The largest absolute Gasteiger partial charge is 0.504 e. The van der Waals surface area contributed by atoms with Gasteiger partial charge in [-0.2, -0.15) is 0 Å². The van der Waals surface area contributed by atoms with Gasteiger partial charge in [-0.05, 0) is 42.8 Å². The fourth-order valence-corrected chi connectivity index (χ4v) is 1.71. The van der Waals surface area contributed by atoms with Gasteiger partial charge in [0.2, 0.25) is 0 Å². The van der Waals surface area contributed by atoms with Crippen LogP contribution in [0.2, 0.25) is 0 Å². The van der Waals surface area contributed by atoms with Crippen LogP contribution in [-0.2, 0) is 0 Å². The predicted molar refractivity (Wildman–Crippen MR) is 73.0 cm³/mol. The van der Waals surface area contributed by atoms with E-state index in [0.717, 1.165) is 5.56 Å². The minimum absolute atomic E-state index is 0.0357. The number of methoxy groups -OCH3 is 1. The zero-order valence-electron chi connectivity index (χ0n) is 10.7. The first kappa shape index (κ1) is 13.1. The normalized spacial score (nSPS) is 10.9. The van der Waals surface area contributed by atoms with Crippen molar-refractivity contribution in [2.24, 2.45) is 4.99 Å². The summed E-state index contributed by atoms with van der Waals surface area (Å²) in [5.41, 5.74) is 1.94. The molecule has 0 fully saturated rings. The summed E-state index contributed by atoms with van der Waals surface area (Å²) in [5, 5.41) is 9.90. The Morgan fingerprint density at radius 2 is 2.05 bits per heavy atom. The molecule has 2 aromatic rings. The molecule has 19 heavy (non-hydrogen) atoms. The van der Waals surface area contributed by atoms with E-state index in [0.29, 0.717) is 17.0 Å². The van der Waals surface area contributed by atoms with Crippen LogP contribution in [0.25, 0.3) is 0 Å². The molecule has 0 unspecified atom stereocenters. The second kappa shape index (κ2) is 5.52. The molecule has 0 saturated carbocycles. The Bertz CT molecular complexity index is 624. The van der Waals surface area contributed by atoms with Crippen molar-refractivity contribution in [3.8, 4) is 11.5 Å². The highest BCUT2D eigenvalue weighted by Gasteiger charge is 2.05. The first-order chi connectivity index (χ1) is 9.11. The van der Waals surface area contributed by atoms with Crippen LogP contribution >= 0.6 is 0 Å². The number of benzene rings is 2. The van der Waals surface area contributed by atoms with E-state index in [2.05, 4.69) is 4.99 Å². The Kier molecular flexibility index (Phi) is 3.80. The van der Waals surface area contributed by atoms with Crippen LogP contribution in [0.3, 0.4) is 0 Å². The van der Waals surface area contributed by atoms with Crippen LogP contribution in [0.1, 0.15) is 11.1 Å². The Morgan fingerprint density at radius 1 is 1.26 bits per heavy atom. The van der Waals surface area contributed by atoms with E-state index in [1.807, 2.05) is 0 Å². The lowest BCUT2D eigenvalue weighted by Gasteiger charge is -2.05. The number of nitrogens with zero attached hydrogens (tertiary/aromatic N) is 1. The van der Waals surface area contributed by atoms with Crippen molar-refractivity contribution in [2.45, 2.75) is 6.92 Å². The highest BCUT2D eigenvalue weighted by molar-refractivity contribution is 5.86. The van der Waals surface area contributed by atoms with Gasteiger partial charge in [0.25, 0.3) is 0 Å². The maximum absolute atomic E-state index is 13.0. The van der Waals surface area contributed by atoms with Gasteiger partial charge in [-0.3, -0.25) is 4.99 Å². The van der Waals surface area contributed by atoms with Crippen molar-refractivity contribution < 1.29 is 14.2 Å². The van der Waals surface area contributed by atoms with Gasteiger partial charge in [0, 0.05) is 11.8 Å². The van der Waals surface area contributed by atoms with Crippen molar-refractivity contribution in [1.29, 1.82) is 0 Å². The third-order valence-electron chi connectivity index (χ3n) is 2.75. The van der Waals surface area contributed by atoms with Gasteiger partial charge in [-0.25, -0.2) is 4.39 Å². The van der Waals surface area contributed by atoms with E-state index in [1.54, 1.807) is 31.2 Å². The minimum atomic E-state index is -0.291. The fourth-order valence-electron chi connectivity index (χ4n) is 1.71. The molecule has 0 amide bonds. The van der Waals surface area contributed by atoms with E-state index in [9.17, 15) is 9.50 Å². The number of phenols is 1. The van der Waals surface area contributed by atoms with E-state index < -0.39 is 0 Å². The molecule has 0 aliphatic heterocycles. The number of aryl methyl sites for hydroxylation is 1. The summed E-state index contributed by atoms with van der Waals surface area (Å²) in [4.78, 5) is 4.25. The van der Waals surface area contributed by atoms with Gasteiger partial charge < -0.3 is 9.84 Å². The second-order valence-corrected chi connectivity index (χ2v) is 4.09. The smallest absolute Gasteiger partial charge is 0.166 e. The van der Waals surface area contributed by atoms with Gasteiger partial charge >= 0.3 is 0 Å². The van der Waals surface area contributed by atoms with Gasteiger partial charge in [-0.15, -0.1) is 0 Å².